The second kappa shape index (κ2) is 2.76. The Morgan fingerprint density at radius 2 is 2.00 bits per heavy atom. The van der Waals surface area contributed by atoms with Crippen LogP contribution in [0.2, 0.25) is 0 Å². The average Bonchev–Trinajstić information content (AvgIpc) is 1.80. The molecule has 0 saturated carbocycles. The molecule has 0 aliphatic carbocycles. The third-order valence-corrected chi connectivity index (χ3v) is 2.16. The van der Waals surface area contributed by atoms with Crippen LogP contribution in [0.4, 0.5) is 0 Å². The molecule has 0 amide bonds. The van der Waals surface area contributed by atoms with Crippen molar-refractivity contribution in [3.05, 3.63) is 0 Å². The Bertz CT molecular complexity index is 99.0. The zero-order valence-electron chi connectivity index (χ0n) is 6.59. The number of hydrogen-bond acceptors (Lipinski definition) is 2. The SMILES string of the molecule is BN1CCN(B)C(C)C1. The fraction of sp³-hybridized carbons (Fsp3) is 1.00. The van der Waals surface area contributed by atoms with E-state index >= 15 is 0 Å². The molecule has 1 fully saturated rings. The van der Waals surface area contributed by atoms with Crippen LogP contribution < -0.4 is 0 Å². The molecule has 4 heteroatoms. The first kappa shape index (κ1) is 7.16. The summed E-state index contributed by atoms with van der Waals surface area (Å²) < 4.78 is 0. The average molecular weight is 124 g/mol. The van der Waals surface area contributed by atoms with Gasteiger partial charge in [-0.15, -0.1) is 0 Å². The van der Waals surface area contributed by atoms with Crippen LogP contribution in [0.15, 0.2) is 0 Å². The van der Waals surface area contributed by atoms with Crippen molar-refractivity contribution >= 4 is 16.0 Å². The number of nitrogens with zero attached hydrogens (tertiary/aromatic N) is 2. The van der Waals surface area contributed by atoms with Crippen molar-refractivity contribution in [2.75, 3.05) is 19.6 Å². The lowest BCUT2D eigenvalue weighted by Gasteiger charge is -2.36. The van der Waals surface area contributed by atoms with E-state index in [1.54, 1.807) is 0 Å². The van der Waals surface area contributed by atoms with Gasteiger partial charge in [-0.25, -0.2) is 0 Å². The van der Waals surface area contributed by atoms with Crippen molar-refractivity contribution in [1.29, 1.82) is 0 Å². The second-order valence-electron chi connectivity index (χ2n) is 3.09. The lowest BCUT2D eigenvalue weighted by Crippen LogP contribution is -2.49. The summed E-state index contributed by atoms with van der Waals surface area (Å²) in [5.41, 5.74) is 0. The summed E-state index contributed by atoms with van der Waals surface area (Å²) >= 11 is 0. The number of rotatable bonds is 0. The Balaban J connectivity index is 2.35. The minimum Gasteiger partial charge on any atom is -0.346 e. The van der Waals surface area contributed by atoms with Gasteiger partial charge < -0.3 is 9.62 Å². The van der Waals surface area contributed by atoms with Gasteiger partial charge in [0.25, 0.3) is 0 Å². The largest absolute Gasteiger partial charge is 0.346 e. The molecule has 0 spiro atoms. The normalized spacial score (nSPS) is 32.8. The van der Waals surface area contributed by atoms with E-state index in [4.69, 9.17) is 0 Å². The van der Waals surface area contributed by atoms with E-state index in [1.807, 2.05) is 0 Å². The molecule has 0 aromatic rings. The standard InChI is InChI=1S/C5H14B2N2/c1-5-4-8(6)2-3-9(5)7/h5H,2-4,6-7H2,1H3. The van der Waals surface area contributed by atoms with Crippen molar-refractivity contribution in [2.24, 2.45) is 0 Å². The van der Waals surface area contributed by atoms with Gasteiger partial charge in [-0.1, -0.05) is 0 Å². The molecule has 1 aliphatic heterocycles. The van der Waals surface area contributed by atoms with Crippen LogP contribution in [0.3, 0.4) is 0 Å². The quantitative estimate of drug-likeness (QED) is 0.347. The molecule has 0 aromatic carbocycles. The maximum absolute atomic E-state index is 2.40. The zero-order valence-corrected chi connectivity index (χ0v) is 6.59. The maximum atomic E-state index is 2.40. The van der Waals surface area contributed by atoms with Gasteiger partial charge in [0.05, 0.1) is 0 Å². The van der Waals surface area contributed by atoms with Crippen LogP contribution in [0, 0.1) is 0 Å². The van der Waals surface area contributed by atoms with Crippen LogP contribution in [-0.2, 0) is 0 Å². The molecule has 1 heterocycles. The van der Waals surface area contributed by atoms with E-state index < -0.39 is 0 Å². The van der Waals surface area contributed by atoms with Gasteiger partial charge in [0, 0.05) is 12.6 Å². The van der Waals surface area contributed by atoms with Crippen LogP contribution in [0.25, 0.3) is 0 Å². The van der Waals surface area contributed by atoms with E-state index in [1.165, 1.54) is 19.6 Å². The highest BCUT2D eigenvalue weighted by Gasteiger charge is 2.15. The van der Waals surface area contributed by atoms with Gasteiger partial charge in [0.2, 0.25) is 0 Å². The van der Waals surface area contributed by atoms with Crippen molar-refractivity contribution in [2.45, 2.75) is 13.0 Å². The predicted octanol–water partition coefficient (Wildman–Crippen LogP) is -1.91. The molecule has 0 bridgehead atoms. The van der Waals surface area contributed by atoms with E-state index in [0.29, 0.717) is 0 Å². The smallest absolute Gasteiger partial charge is 0.185 e. The highest BCUT2D eigenvalue weighted by Crippen LogP contribution is 2.02. The molecule has 0 N–H and O–H groups in total. The number of piperazine rings is 1. The van der Waals surface area contributed by atoms with E-state index in [0.717, 1.165) is 6.04 Å². The summed E-state index contributed by atoms with van der Waals surface area (Å²) in [6.45, 7) is 5.94. The van der Waals surface area contributed by atoms with Gasteiger partial charge in [-0.2, -0.15) is 0 Å². The van der Waals surface area contributed by atoms with E-state index in [2.05, 4.69) is 32.5 Å². The van der Waals surface area contributed by atoms with Gasteiger partial charge in [-0.05, 0) is 20.0 Å². The van der Waals surface area contributed by atoms with Crippen molar-refractivity contribution in [3.8, 4) is 0 Å². The first-order chi connectivity index (χ1) is 4.20. The zero-order chi connectivity index (χ0) is 6.85. The molecule has 2 nitrogen and oxygen atoms in total. The van der Waals surface area contributed by atoms with Crippen molar-refractivity contribution in [3.63, 3.8) is 0 Å². The summed E-state index contributed by atoms with van der Waals surface area (Å²) in [6, 6.07) is 0.740. The summed E-state index contributed by atoms with van der Waals surface area (Å²) in [5.74, 6) is 0. The molecular weight excluding hydrogens is 110 g/mol. The first-order valence-corrected chi connectivity index (χ1v) is 3.59. The van der Waals surface area contributed by atoms with Gasteiger partial charge >= 0.3 is 0 Å². The number of hydrogen-bond donors (Lipinski definition) is 0. The molecule has 1 atom stereocenters. The van der Waals surface area contributed by atoms with Crippen LogP contribution in [0.1, 0.15) is 6.92 Å². The van der Waals surface area contributed by atoms with Gasteiger partial charge in [-0.3, -0.25) is 0 Å². The van der Waals surface area contributed by atoms with Gasteiger partial charge in [0.1, 0.15) is 0 Å². The topological polar surface area (TPSA) is 6.48 Å². The van der Waals surface area contributed by atoms with E-state index in [9.17, 15) is 0 Å². The molecule has 50 valence electrons. The monoisotopic (exact) mass is 124 g/mol. The van der Waals surface area contributed by atoms with Crippen molar-refractivity contribution < 1.29 is 0 Å². The Morgan fingerprint density at radius 3 is 2.44 bits per heavy atom. The predicted molar refractivity (Wildman–Crippen MR) is 44.8 cm³/mol. The second-order valence-corrected chi connectivity index (χ2v) is 3.09. The van der Waals surface area contributed by atoms with Crippen LogP contribution in [0.5, 0.6) is 0 Å². The third kappa shape index (κ3) is 1.73. The highest BCUT2D eigenvalue weighted by molar-refractivity contribution is 6.06. The summed E-state index contributed by atoms with van der Waals surface area (Å²) in [7, 11) is 4.38. The molecule has 0 aromatic heterocycles. The Kier molecular flexibility index (Phi) is 2.19. The minimum atomic E-state index is 0.740. The van der Waals surface area contributed by atoms with Crippen LogP contribution >= 0.6 is 0 Å². The molecular formula is C5H14B2N2. The lowest BCUT2D eigenvalue weighted by atomic mass is 10.1. The molecule has 9 heavy (non-hydrogen) atoms. The Morgan fingerprint density at radius 1 is 1.33 bits per heavy atom. The fourth-order valence-electron chi connectivity index (χ4n) is 1.23. The van der Waals surface area contributed by atoms with Crippen LogP contribution in [-0.4, -0.2) is 51.3 Å². The Labute approximate surface area is 59.1 Å². The molecule has 1 saturated heterocycles. The Hall–Kier alpha value is 0.0499. The van der Waals surface area contributed by atoms with Crippen molar-refractivity contribution in [1.82, 2.24) is 9.62 Å². The lowest BCUT2D eigenvalue weighted by molar-refractivity contribution is 0.224. The molecule has 1 unspecified atom stereocenters. The fourth-order valence-corrected chi connectivity index (χ4v) is 1.23. The summed E-state index contributed by atoms with van der Waals surface area (Å²) in [4.78, 5) is 4.78. The summed E-state index contributed by atoms with van der Waals surface area (Å²) in [6.07, 6.45) is 0. The molecule has 1 rings (SSSR count). The first-order valence-electron chi connectivity index (χ1n) is 3.59. The minimum absolute atomic E-state index is 0.740. The summed E-state index contributed by atoms with van der Waals surface area (Å²) in [5, 5.41) is 0. The maximum Gasteiger partial charge on any atom is 0.185 e. The van der Waals surface area contributed by atoms with E-state index in [-0.39, 0.29) is 0 Å². The molecule has 1 aliphatic rings. The highest BCUT2D eigenvalue weighted by atomic mass is 15.2. The third-order valence-electron chi connectivity index (χ3n) is 2.16. The molecule has 0 radical (unpaired) electrons. The van der Waals surface area contributed by atoms with Gasteiger partial charge in [0.15, 0.2) is 16.0 Å².